The molecular weight excluding hydrogens is 314 g/mol. The maximum atomic E-state index is 10.2. The standard InChI is InChI=1S/C19H25N5O/c1-13-17(15-7-3-4-8-16(15)25)21-22-19-18(13)20-9-11-24(19)14-6-5-10-23(2)12-14/h3-4,7-8,14,20,25H,5-6,9-12H2,1-2H3/t14-/m1/s1. The van der Waals surface area contributed by atoms with Crippen molar-refractivity contribution in [1.29, 1.82) is 0 Å². The number of rotatable bonds is 2. The quantitative estimate of drug-likeness (QED) is 0.876. The van der Waals surface area contributed by atoms with Crippen LogP contribution in [0.4, 0.5) is 11.5 Å². The van der Waals surface area contributed by atoms with E-state index >= 15 is 0 Å². The van der Waals surface area contributed by atoms with E-state index in [2.05, 4.69) is 39.3 Å². The number of piperidine rings is 1. The van der Waals surface area contributed by atoms with Crippen molar-refractivity contribution < 1.29 is 5.11 Å². The maximum Gasteiger partial charge on any atom is 0.175 e. The average molecular weight is 339 g/mol. The van der Waals surface area contributed by atoms with Crippen LogP contribution in [0.3, 0.4) is 0 Å². The van der Waals surface area contributed by atoms with E-state index in [1.807, 2.05) is 18.2 Å². The number of para-hydroxylation sites is 1. The lowest BCUT2D eigenvalue weighted by molar-refractivity contribution is 0.244. The zero-order chi connectivity index (χ0) is 17.4. The molecule has 0 aliphatic carbocycles. The van der Waals surface area contributed by atoms with Crippen LogP contribution in [0.1, 0.15) is 18.4 Å². The molecule has 0 bridgehead atoms. The van der Waals surface area contributed by atoms with E-state index in [0.717, 1.165) is 48.0 Å². The summed E-state index contributed by atoms with van der Waals surface area (Å²) in [4.78, 5) is 4.81. The van der Waals surface area contributed by atoms with Gasteiger partial charge in [-0.15, -0.1) is 10.2 Å². The highest BCUT2D eigenvalue weighted by atomic mass is 16.3. The predicted molar refractivity (Wildman–Crippen MR) is 100 cm³/mol. The van der Waals surface area contributed by atoms with Gasteiger partial charge in [-0.25, -0.2) is 0 Å². The van der Waals surface area contributed by atoms with Crippen molar-refractivity contribution in [2.45, 2.75) is 25.8 Å². The highest BCUT2D eigenvalue weighted by molar-refractivity contribution is 5.80. The van der Waals surface area contributed by atoms with Crippen LogP contribution >= 0.6 is 0 Å². The molecule has 2 aliphatic heterocycles. The van der Waals surface area contributed by atoms with Crippen molar-refractivity contribution in [2.24, 2.45) is 0 Å². The summed E-state index contributed by atoms with van der Waals surface area (Å²) < 4.78 is 0. The average Bonchev–Trinajstić information content (AvgIpc) is 2.63. The molecule has 0 spiro atoms. The minimum atomic E-state index is 0.237. The third-order valence-electron chi connectivity index (χ3n) is 5.32. The SMILES string of the molecule is Cc1c(-c2ccccc2O)nnc2c1NCCN2[C@@H]1CCCN(C)C1. The molecule has 3 heterocycles. The highest BCUT2D eigenvalue weighted by Gasteiger charge is 2.30. The number of phenolic OH excluding ortho intramolecular Hbond substituents is 1. The zero-order valence-electron chi connectivity index (χ0n) is 14.9. The lowest BCUT2D eigenvalue weighted by Gasteiger charge is -2.41. The first-order valence-electron chi connectivity index (χ1n) is 9.00. The summed E-state index contributed by atoms with van der Waals surface area (Å²) in [6, 6.07) is 7.79. The van der Waals surface area contributed by atoms with Gasteiger partial charge in [0.2, 0.25) is 0 Å². The monoisotopic (exact) mass is 339 g/mol. The van der Waals surface area contributed by atoms with E-state index in [4.69, 9.17) is 0 Å². The van der Waals surface area contributed by atoms with Crippen LogP contribution in [0, 0.1) is 6.92 Å². The van der Waals surface area contributed by atoms with Crippen molar-refractivity contribution in [2.75, 3.05) is 43.4 Å². The van der Waals surface area contributed by atoms with Gasteiger partial charge in [0.25, 0.3) is 0 Å². The Morgan fingerprint density at radius 2 is 2.04 bits per heavy atom. The van der Waals surface area contributed by atoms with Crippen molar-refractivity contribution in [3.8, 4) is 17.0 Å². The van der Waals surface area contributed by atoms with Crippen molar-refractivity contribution in [3.63, 3.8) is 0 Å². The fourth-order valence-corrected chi connectivity index (χ4v) is 4.01. The molecule has 1 aromatic carbocycles. The molecular formula is C19H25N5O. The summed E-state index contributed by atoms with van der Waals surface area (Å²) in [6.45, 7) is 6.15. The number of benzene rings is 1. The van der Waals surface area contributed by atoms with Gasteiger partial charge in [0.1, 0.15) is 11.4 Å². The van der Waals surface area contributed by atoms with Crippen LogP contribution in [0.25, 0.3) is 11.3 Å². The lowest BCUT2D eigenvalue weighted by Crippen LogP contribution is -2.50. The van der Waals surface area contributed by atoms with Gasteiger partial charge in [-0.2, -0.15) is 0 Å². The van der Waals surface area contributed by atoms with Gasteiger partial charge in [-0.05, 0) is 45.5 Å². The molecule has 25 heavy (non-hydrogen) atoms. The fraction of sp³-hybridized carbons (Fsp3) is 0.474. The summed E-state index contributed by atoms with van der Waals surface area (Å²) >= 11 is 0. The predicted octanol–water partition coefficient (Wildman–Crippen LogP) is 2.48. The van der Waals surface area contributed by atoms with Gasteiger partial charge in [-0.1, -0.05) is 12.1 Å². The largest absolute Gasteiger partial charge is 0.507 e. The normalized spacial score (nSPS) is 20.9. The molecule has 2 aliphatic rings. The van der Waals surface area contributed by atoms with Crippen LogP contribution in [0.15, 0.2) is 24.3 Å². The second-order valence-electron chi connectivity index (χ2n) is 7.07. The van der Waals surface area contributed by atoms with E-state index in [0.29, 0.717) is 6.04 Å². The number of likely N-dealkylation sites (tertiary alicyclic amines) is 1. The molecule has 0 unspecified atom stereocenters. The number of nitrogens with zero attached hydrogens (tertiary/aromatic N) is 4. The Kier molecular flexibility index (Phi) is 4.21. The van der Waals surface area contributed by atoms with Gasteiger partial charge in [0.15, 0.2) is 5.82 Å². The smallest absolute Gasteiger partial charge is 0.175 e. The number of anilines is 2. The summed E-state index contributed by atoms with van der Waals surface area (Å²) in [6.07, 6.45) is 2.43. The van der Waals surface area contributed by atoms with Gasteiger partial charge >= 0.3 is 0 Å². The van der Waals surface area contributed by atoms with Crippen LogP contribution in [0.5, 0.6) is 5.75 Å². The first-order valence-corrected chi connectivity index (χ1v) is 9.00. The first kappa shape index (κ1) is 16.1. The molecule has 0 saturated carbocycles. The number of fused-ring (bicyclic) bond motifs is 1. The Labute approximate surface area is 148 Å². The Balaban J connectivity index is 1.73. The van der Waals surface area contributed by atoms with Crippen molar-refractivity contribution in [3.05, 3.63) is 29.8 Å². The van der Waals surface area contributed by atoms with Crippen LogP contribution in [0.2, 0.25) is 0 Å². The Hall–Kier alpha value is -2.34. The lowest BCUT2D eigenvalue weighted by atomic mass is 10.0. The zero-order valence-corrected chi connectivity index (χ0v) is 14.9. The Morgan fingerprint density at radius 3 is 2.84 bits per heavy atom. The van der Waals surface area contributed by atoms with E-state index < -0.39 is 0 Å². The summed E-state index contributed by atoms with van der Waals surface area (Å²) in [5.41, 5.74) is 3.56. The molecule has 1 fully saturated rings. The molecule has 6 nitrogen and oxygen atoms in total. The van der Waals surface area contributed by atoms with Gasteiger partial charge in [0.05, 0.1) is 5.69 Å². The van der Waals surface area contributed by atoms with E-state index in [9.17, 15) is 5.11 Å². The number of aromatic hydroxyl groups is 1. The summed E-state index contributed by atoms with van der Waals surface area (Å²) in [5, 5.41) is 22.7. The van der Waals surface area contributed by atoms with Crippen molar-refractivity contribution in [1.82, 2.24) is 15.1 Å². The van der Waals surface area contributed by atoms with Crippen LogP contribution in [-0.4, -0.2) is 59.5 Å². The maximum absolute atomic E-state index is 10.2. The number of hydrogen-bond donors (Lipinski definition) is 2. The number of hydrogen-bond acceptors (Lipinski definition) is 6. The number of phenols is 1. The number of aromatic nitrogens is 2. The summed E-state index contributed by atoms with van der Waals surface area (Å²) in [5.74, 6) is 1.18. The molecule has 2 N–H and O–H groups in total. The fourth-order valence-electron chi connectivity index (χ4n) is 4.01. The van der Waals surface area contributed by atoms with E-state index in [1.54, 1.807) is 6.07 Å². The second kappa shape index (κ2) is 6.52. The summed E-state index contributed by atoms with van der Waals surface area (Å²) in [7, 11) is 2.19. The first-order chi connectivity index (χ1) is 12.1. The molecule has 1 aromatic heterocycles. The molecule has 6 heteroatoms. The molecule has 0 radical (unpaired) electrons. The van der Waals surface area contributed by atoms with Crippen LogP contribution in [-0.2, 0) is 0 Å². The second-order valence-corrected chi connectivity index (χ2v) is 7.07. The van der Waals surface area contributed by atoms with E-state index in [1.165, 1.54) is 19.4 Å². The number of nitrogens with one attached hydrogen (secondary N) is 1. The minimum Gasteiger partial charge on any atom is -0.507 e. The third-order valence-corrected chi connectivity index (χ3v) is 5.32. The third kappa shape index (κ3) is 2.91. The topological polar surface area (TPSA) is 64.5 Å². The molecule has 1 atom stereocenters. The Bertz CT molecular complexity index is 778. The molecule has 4 rings (SSSR count). The Morgan fingerprint density at radius 1 is 1.20 bits per heavy atom. The molecule has 2 aromatic rings. The minimum absolute atomic E-state index is 0.237. The molecule has 1 saturated heterocycles. The van der Waals surface area contributed by atoms with Crippen LogP contribution < -0.4 is 10.2 Å². The van der Waals surface area contributed by atoms with Gasteiger partial charge < -0.3 is 20.2 Å². The van der Waals surface area contributed by atoms with Gasteiger partial charge in [0, 0.05) is 36.8 Å². The van der Waals surface area contributed by atoms with E-state index in [-0.39, 0.29) is 5.75 Å². The molecule has 132 valence electrons. The van der Waals surface area contributed by atoms with Gasteiger partial charge in [-0.3, -0.25) is 0 Å². The molecule has 0 amide bonds. The number of likely N-dealkylation sites (N-methyl/N-ethyl adjacent to an activating group) is 1. The van der Waals surface area contributed by atoms with Crippen molar-refractivity contribution >= 4 is 11.5 Å². The highest BCUT2D eigenvalue weighted by Crippen LogP contribution is 2.38.